The molecule has 5 nitrogen and oxygen atoms in total. The molecule has 0 aliphatic rings. The highest BCUT2D eigenvalue weighted by atomic mass is 19.1. The Morgan fingerprint density at radius 3 is 2.90 bits per heavy atom. The SMILES string of the molecule is CCCn1ccnc1CC(NN)c1ccc(OC)c(F)c1. The van der Waals surface area contributed by atoms with Crippen LogP contribution in [0.2, 0.25) is 0 Å². The van der Waals surface area contributed by atoms with Gasteiger partial charge in [0.2, 0.25) is 0 Å². The largest absolute Gasteiger partial charge is 0.494 e. The quantitative estimate of drug-likeness (QED) is 0.606. The average molecular weight is 292 g/mol. The zero-order valence-electron chi connectivity index (χ0n) is 12.3. The normalized spacial score (nSPS) is 12.4. The van der Waals surface area contributed by atoms with E-state index >= 15 is 0 Å². The maximum Gasteiger partial charge on any atom is 0.165 e. The van der Waals surface area contributed by atoms with Gasteiger partial charge < -0.3 is 9.30 Å². The number of methoxy groups -OCH3 is 1. The van der Waals surface area contributed by atoms with Crippen molar-refractivity contribution in [3.05, 3.63) is 47.8 Å². The lowest BCUT2D eigenvalue weighted by Gasteiger charge is -2.17. The van der Waals surface area contributed by atoms with Crippen LogP contribution in [0.3, 0.4) is 0 Å². The van der Waals surface area contributed by atoms with Gasteiger partial charge in [-0.05, 0) is 24.1 Å². The van der Waals surface area contributed by atoms with Gasteiger partial charge in [0.1, 0.15) is 5.82 Å². The smallest absolute Gasteiger partial charge is 0.165 e. The van der Waals surface area contributed by atoms with E-state index in [4.69, 9.17) is 10.6 Å². The Hall–Kier alpha value is -1.92. The molecule has 3 N–H and O–H groups in total. The molecule has 0 aliphatic carbocycles. The Balaban J connectivity index is 2.19. The number of hydrogen-bond donors (Lipinski definition) is 2. The highest BCUT2D eigenvalue weighted by Crippen LogP contribution is 2.23. The van der Waals surface area contributed by atoms with Gasteiger partial charge in [-0.15, -0.1) is 0 Å². The number of aromatic nitrogens is 2. The number of rotatable bonds is 7. The first kappa shape index (κ1) is 15.5. The van der Waals surface area contributed by atoms with Crippen LogP contribution in [0.4, 0.5) is 4.39 Å². The minimum Gasteiger partial charge on any atom is -0.494 e. The zero-order chi connectivity index (χ0) is 15.2. The van der Waals surface area contributed by atoms with E-state index in [9.17, 15) is 4.39 Å². The van der Waals surface area contributed by atoms with Crippen LogP contribution < -0.4 is 16.0 Å². The van der Waals surface area contributed by atoms with Crippen LogP contribution in [0.1, 0.15) is 30.8 Å². The second-order valence-corrected chi connectivity index (χ2v) is 4.85. The summed E-state index contributed by atoms with van der Waals surface area (Å²) in [7, 11) is 1.44. The van der Waals surface area contributed by atoms with Gasteiger partial charge in [0.05, 0.1) is 13.2 Å². The van der Waals surface area contributed by atoms with Crippen molar-refractivity contribution < 1.29 is 9.13 Å². The molecule has 1 aromatic heterocycles. The number of benzene rings is 1. The first-order valence-corrected chi connectivity index (χ1v) is 6.99. The Labute approximate surface area is 123 Å². The number of ether oxygens (including phenoxy) is 1. The minimum atomic E-state index is -0.396. The molecule has 0 spiro atoms. The standard InChI is InChI=1S/C15H21FN4O/c1-3-7-20-8-6-18-15(20)10-13(19-17)11-4-5-14(21-2)12(16)9-11/h4-6,8-9,13,19H,3,7,10,17H2,1-2H3. The maximum atomic E-state index is 13.8. The topological polar surface area (TPSA) is 65.1 Å². The molecule has 21 heavy (non-hydrogen) atoms. The van der Waals surface area contributed by atoms with Gasteiger partial charge >= 0.3 is 0 Å². The van der Waals surface area contributed by atoms with E-state index < -0.39 is 5.82 Å². The van der Waals surface area contributed by atoms with Gasteiger partial charge in [0, 0.05) is 25.4 Å². The van der Waals surface area contributed by atoms with Crippen molar-refractivity contribution in [3.63, 3.8) is 0 Å². The van der Waals surface area contributed by atoms with E-state index in [2.05, 4.69) is 21.9 Å². The van der Waals surface area contributed by atoms with Crippen LogP contribution in [0.15, 0.2) is 30.6 Å². The lowest BCUT2D eigenvalue weighted by Crippen LogP contribution is -2.30. The summed E-state index contributed by atoms with van der Waals surface area (Å²) in [4.78, 5) is 4.35. The molecule has 0 radical (unpaired) electrons. The van der Waals surface area contributed by atoms with Gasteiger partial charge in [0.15, 0.2) is 11.6 Å². The summed E-state index contributed by atoms with van der Waals surface area (Å²) in [6.45, 7) is 3.02. The Morgan fingerprint density at radius 1 is 1.48 bits per heavy atom. The number of nitrogens with one attached hydrogen (secondary N) is 1. The number of hydrazine groups is 1. The first-order valence-electron chi connectivity index (χ1n) is 6.99. The van der Waals surface area contributed by atoms with Gasteiger partial charge in [-0.25, -0.2) is 9.37 Å². The van der Waals surface area contributed by atoms with E-state index in [1.165, 1.54) is 13.2 Å². The van der Waals surface area contributed by atoms with Crippen molar-refractivity contribution in [2.45, 2.75) is 32.4 Å². The molecular formula is C15H21FN4O. The third kappa shape index (κ3) is 3.59. The van der Waals surface area contributed by atoms with Crippen LogP contribution in [0, 0.1) is 5.82 Å². The summed E-state index contributed by atoms with van der Waals surface area (Å²) in [5.41, 5.74) is 3.50. The fourth-order valence-electron chi connectivity index (χ4n) is 2.33. The zero-order valence-corrected chi connectivity index (χ0v) is 12.3. The van der Waals surface area contributed by atoms with Crippen molar-refractivity contribution in [1.29, 1.82) is 0 Å². The third-order valence-electron chi connectivity index (χ3n) is 3.43. The molecule has 2 aromatic rings. The first-order chi connectivity index (χ1) is 10.2. The Bertz CT molecular complexity index is 585. The van der Waals surface area contributed by atoms with Gasteiger partial charge in [-0.2, -0.15) is 0 Å². The van der Waals surface area contributed by atoms with Crippen LogP contribution in [0.25, 0.3) is 0 Å². The van der Waals surface area contributed by atoms with Gasteiger partial charge in [0.25, 0.3) is 0 Å². The number of hydrogen-bond acceptors (Lipinski definition) is 4. The summed E-state index contributed by atoms with van der Waals surface area (Å²) < 4.78 is 20.8. The van der Waals surface area contributed by atoms with Crippen molar-refractivity contribution >= 4 is 0 Å². The molecule has 0 saturated heterocycles. The molecule has 0 bridgehead atoms. The van der Waals surface area contributed by atoms with E-state index in [0.29, 0.717) is 6.42 Å². The summed E-state index contributed by atoms with van der Waals surface area (Å²) in [5, 5.41) is 0. The molecule has 1 heterocycles. The highest BCUT2D eigenvalue weighted by molar-refractivity contribution is 5.31. The van der Waals surface area contributed by atoms with Crippen molar-refractivity contribution in [2.24, 2.45) is 5.84 Å². The summed E-state index contributed by atoms with van der Waals surface area (Å²) in [6, 6.07) is 4.65. The highest BCUT2D eigenvalue weighted by Gasteiger charge is 2.16. The second-order valence-electron chi connectivity index (χ2n) is 4.85. The van der Waals surface area contributed by atoms with Gasteiger partial charge in [-0.1, -0.05) is 13.0 Å². The predicted molar refractivity (Wildman–Crippen MR) is 79.2 cm³/mol. The monoisotopic (exact) mass is 292 g/mol. The molecule has 2 rings (SSSR count). The number of halogens is 1. The molecular weight excluding hydrogens is 271 g/mol. The molecule has 0 aliphatic heterocycles. The van der Waals surface area contributed by atoms with E-state index in [1.807, 2.05) is 6.20 Å². The molecule has 1 aromatic carbocycles. The van der Waals surface area contributed by atoms with Crippen LogP contribution in [-0.2, 0) is 13.0 Å². The molecule has 0 saturated carbocycles. The summed E-state index contributed by atoms with van der Waals surface area (Å²) in [5.74, 6) is 6.38. The fraction of sp³-hybridized carbons (Fsp3) is 0.400. The molecule has 6 heteroatoms. The van der Waals surface area contributed by atoms with Crippen molar-refractivity contribution in [3.8, 4) is 5.75 Å². The lowest BCUT2D eigenvalue weighted by atomic mass is 10.0. The molecule has 1 unspecified atom stereocenters. The van der Waals surface area contributed by atoms with E-state index in [0.717, 1.165) is 24.4 Å². The number of aryl methyl sites for hydroxylation is 1. The molecule has 0 amide bonds. The number of imidazole rings is 1. The molecule has 114 valence electrons. The minimum absolute atomic E-state index is 0.205. The number of nitrogens with two attached hydrogens (primary N) is 1. The average Bonchev–Trinajstić information content (AvgIpc) is 2.92. The van der Waals surface area contributed by atoms with E-state index in [-0.39, 0.29) is 11.8 Å². The predicted octanol–water partition coefficient (Wildman–Crippen LogP) is 2.19. The van der Waals surface area contributed by atoms with Crippen LogP contribution >= 0.6 is 0 Å². The number of nitrogens with zero attached hydrogens (tertiary/aromatic N) is 2. The lowest BCUT2D eigenvalue weighted by molar-refractivity contribution is 0.385. The summed E-state index contributed by atoms with van der Waals surface area (Å²) in [6.07, 6.45) is 5.34. The van der Waals surface area contributed by atoms with Gasteiger partial charge in [-0.3, -0.25) is 11.3 Å². The fourth-order valence-corrected chi connectivity index (χ4v) is 2.33. The molecule has 0 fully saturated rings. The Kier molecular flexibility index (Phi) is 5.30. The second kappa shape index (κ2) is 7.19. The summed E-state index contributed by atoms with van der Waals surface area (Å²) >= 11 is 0. The van der Waals surface area contributed by atoms with Crippen LogP contribution in [-0.4, -0.2) is 16.7 Å². The van der Waals surface area contributed by atoms with Crippen LogP contribution in [0.5, 0.6) is 5.75 Å². The van der Waals surface area contributed by atoms with Crippen molar-refractivity contribution in [1.82, 2.24) is 15.0 Å². The maximum absolute atomic E-state index is 13.8. The van der Waals surface area contributed by atoms with E-state index in [1.54, 1.807) is 18.3 Å². The Morgan fingerprint density at radius 2 is 2.29 bits per heavy atom. The molecule has 1 atom stereocenters. The van der Waals surface area contributed by atoms with Crippen molar-refractivity contribution in [2.75, 3.05) is 7.11 Å². The third-order valence-corrected chi connectivity index (χ3v) is 3.43.